The summed E-state index contributed by atoms with van der Waals surface area (Å²) in [5.41, 5.74) is 1.26. The fraction of sp³-hybridized carbons (Fsp3) is 0.0769. The van der Waals surface area contributed by atoms with E-state index in [1.807, 2.05) is 6.07 Å². The van der Waals surface area contributed by atoms with Gasteiger partial charge in [-0.2, -0.15) is 0 Å². The van der Waals surface area contributed by atoms with Crippen molar-refractivity contribution < 1.29 is 13.5 Å². The number of aromatic hydroxyl groups is 1. The second-order valence-electron chi connectivity index (χ2n) is 4.03. The summed E-state index contributed by atoms with van der Waals surface area (Å²) in [5.74, 6) is -0.275. The van der Waals surface area contributed by atoms with Crippen LogP contribution in [0.5, 0.6) is 5.75 Å². The summed E-state index contributed by atoms with van der Waals surface area (Å²) in [6, 6.07) is 11.1. The van der Waals surface area contributed by atoms with Crippen LogP contribution in [0.2, 0.25) is 0 Å². The fourth-order valence-corrected chi connectivity index (χ4v) is 3.17. The minimum Gasteiger partial charge on any atom is -0.507 e. The number of halogens is 1. The lowest BCUT2D eigenvalue weighted by Gasteiger charge is -2.11. The first-order valence-corrected chi connectivity index (χ1v) is 7.75. The first-order chi connectivity index (χ1) is 8.90. The molecular weight excluding hydrogens is 330 g/mol. The standard InChI is InChI=1S/C13H12BrNO3S/c1-9-6-7-10(14)8-11(9)15-19(17,18)13-5-3-2-4-12(13)16/h2-8,15-16H,1H3. The molecule has 0 aromatic heterocycles. The maximum absolute atomic E-state index is 12.2. The molecule has 0 saturated heterocycles. The number of phenolic OH excluding ortho intramolecular Hbond substituents is 1. The Morgan fingerprint density at radius 1 is 1.16 bits per heavy atom. The third kappa shape index (κ3) is 3.08. The summed E-state index contributed by atoms with van der Waals surface area (Å²) in [6.07, 6.45) is 0. The molecule has 0 saturated carbocycles. The predicted octanol–water partition coefficient (Wildman–Crippen LogP) is 3.26. The lowest BCUT2D eigenvalue weighted by molar-refractivity contribution is 0.459. The lowest BCUT2D eigenvalue weighted by Crippen LogP contribution is -2.13. The van der Waals surface area contributed by atoms with Crippen LogP contribution in [0.3, 0.4) is 0 Å². The van der Waals surface area contributed by atoms with Crippen LogP contribution >= 0.6 is 15.9 Å². The summed E-state index contributed by atoms with van der Waals surface area (Å²) >= 11 is 3.29. The van der Waals surface area contributed by atoms with Crippen molar-refractivity contribution in [3.05, 3.63) is 52.5 Å². The van der Waals surface area contributed by atoms with Gasteiger partial charge in [-0.3, -0.25) is 4.72 Å². The van der Waals surface area contributed by atoms with Crippen molar-refractivity contribution in [2.45, 2.75) is 11.8 Å². The Balaban J connectivity index is 2.43. The van der Waals surface area contributed by atoms with E-state index >= 15 is 0 Å². The smallest absolute Gasteiger partial charge is 0.265 e. The number of benzene rings is 2. The molecule has 4 nitrogen and oxygen atoms in total. The average Bonchev–Trinajstić information content (AvgIpc) is 2.34. The third-order valence-corrected chi connectivity index (χ3v) is 4.50. The molecule has 2 rings (SSSR count). The largest absolute Gasteiger partial charge is 0.507 e. The fourth-order valence-electron chi connectivity index (χ4n) is 1.59. The highest BCUT2D eigenvalue weighted by Gasteiger charge is 2.18. The van der Waals surface area contributed by atoms with E-state index in [1.165, 1.54) is 12.1 Å². The highest BCUT2D eigenvalue weighted by atomic mass is 79.9. The van der Waals surface area contributed by atoms with Crippen LogP contribution in [-0.2, 0) is 10.0 Å². The SMILES string of the molecule is Cc1ccc(Br)cc1NS(=O)(=O)c1ccccc1O. The summed E-state index contributed by atoms with van der Waals surface area (Å²) in [5, 5.41) is 9.62. The van der Waals surface area contributed by atoms with Gasteiger partial charge in [0.05, 0.1) is 5.69 Å². The number of rotatable bonds is 3. The number of hydrogen-bond donors (Lipinski definition) is 2. The molecule has 6 heteroatoms. The third-order valence-electron chi connectivity index (χ3n) is 2.60. The summed E-state index contributed by atoms with van der Waals surface area (Å²) in [6.45, 7) is 1.80. The number of nitrogens with one attached hydrogen (secondary N) is 1. The number of sulfonamides is 1. The molecule has 2 N–H and O–H groups in total. The molecule has 0 fully saturated rings. The Bertz CT molecular complexity index is 714. The minimum atomic E-state index is -3.80. The van der Waals surface area contributed by atoms with Gasteiger partial charge in [0, 0.05) is 4.47 Å². The van der Waals surface area contributed by atoms with Gasteiger partial charge in [-0.25, -0.2) is 8.42 Å². The van der Waals surface area contributed by atoms with Crippen LogP contribution < -0.4 is 4.72 Å². The highest BCUT2D eigenvalue weighted by Crippen LogP contribution is 2.27. The second kappa shape index (κ2) is 5.22. The van der Waals surface area contributed by atoms with Crippen molar-refractivity contribution in [3.63, 3.8) is 0 Å². The Labute approximate surface area is 120 Å². The molecule has 0 unspecified atom stereocenters. The van der Waals surface area contributed by atoms with Crippen LogP contribution in [0, 0.1) is 6.92 Å². The molecule has 2 aromatic rings. The zero-order chi connectivity index (χ0) is 14.0. The van der Waals surface area contributed by atoms with Crippen LogP contribution in [-0.4, -0.2) is 13.5 Å². The molecule has 0 spiro atoms. The Morgan fingerprint density at radius 2 is 1.84 bits per heavy atom. The Hall–Kier alpha value is -1.53. The van der Waals surface area contributed by atoms with Crippen molar-refractivity contribution in [2.24, 2.45) is 0 Å². The molecule has 0 bridgehead atoms. The van der Waals surface area contributed by atoms with Gasteiger partial charge in [-0.05, 0) is 36.8 Å². The molecule has 0 amide bonds. The van der Waals surface area contributed by atoms with Crippen LogP contribution in [0.25, 0.3) is 0 Å². The molecule has 2 aromatic carbocycles. The van der Waals surface area contributed by atoms with Crippen LogP contribution in [0.1, 0.15) is 5.56 Å². The Kier molecular flexibility index (Phi) is 3.82. The molecule has 100 valence electrons. The number of phenols is 1. The van der Waals surface area contributed by atoms with Crippen LogP contribution in [0.15, 0.2) is 51.8 Å². The van der Waals surface area contributed by atoms with E-state index in [2.05, 4.69) is 20.7 Å². The van der Waals surface area contributed by atoms with Crippen molar-refractivity contribution in [1.82, 2.24) is 0 Å². The van der Waals surface area contributed by atoms with E-state index in [4.69, 9.17) is 0 Å². The zero-order valence-electron chi connectivity index (χ0n) is 10.1. The van der Waals surface area contributed by atoms with Crippen molar-refractivity contribution >= 4 is 31.6 Å². The Morgan fingerprint density at radius 3 is 2.53 bits per heavy atom. The highest BCUT2D eigenvalue weighted by molar-refractivity contribution is 9.10. The van der Waals surface area contributed by atoms with Gasteiger partial charge >= 0.3 is 0 Å². The molecule has 0 heterocycles. The topological polar surface area (TPSA) is 66.4 Å². The number of para-hydroxylation sites is 1. The minimum absolute atomic E-state index is 0.144. The first-order valence-electron chi connectivity index (χ1n) is 5.47. The molecular formula is C13H12BrNO3S. The second-order valence-corrected chi connectivity index (χ2v) is 6.60. The molecule has 0 aliphatic rings. The summed E-state index contributed by atoms with van der Waals surface area (Å²) in [7, 11) is -3.80. The average molecular weight is 342 g/mol. The summed E-state index contributed by atoms with van der Waals surface area (Å²) in [4.78, 5) is -0.144. The van der Waals surface area contributed by atoms with Crippen molar-refractivity contribution in [3.8, 4) is 5.75 Å². The van der Waals surface area contributed by atoms with E-state index in [-0.39, 0.29) is 10.6 Å². The van der Waals surface area contributed by atoms with Crippen molar-refractivity contribution in [1.29, 1.82) is 0 Å². The molecule has 0 aliphatic carbocycles. The van der Waals surface area contributed by atoms with Gasteiger partial charge in [0.2, 0.25) is 0 Å². The number of anilines is 1. The van der Waals surface area contributed by atoms with Crippen molar-refractivity contribution in [2.75, 3.05) is 4.72 Å². The normalized spacial score (nSPS) is 11.3. The van der Waals surface area contributed by atoms with Gasteiger partial charge < -0.3 is 5.11 Å². The lowest BCUT2D eigenvalue weighted by atomic mass is 10.2. The molecule has 0 radical (unpaired) electrons. The van der Waals surface area contributed by atoms with E-state index < -0.39 is 10.0 Å². The quantitative estimate of drug-likeness (QED) is 0.900. The van der Waals surface area contributed by atoms with E-state index in [0.29, 0.717) is 5.69 Å². The van der Waals surface area contributed by atoms with E-state index in [1.54, 1.807) is 31.2 Å². The maximum atomic E-state index is 12.2. The summed E-state index contributed by atoms with van der Waals surface area (Å²) < 4.78 is 27.6. The monoisotopic (exact) mass is 341 g/mol. The van der Waals surface area contributed by atoms with Crippen LogP contribution in [0.4, 0.5) is 5.69 Å². The van der Waals surface area contributed by atoms with Gasteiger partial charge in [-0.1, -0.05) is 34.1 Å². The predicted molar refractivity (Wildman–Crippen MR) is 77.8 cm³/mol. The zero-order valence-corrected chi connectivity index (χ0v) is 12.5. The van der Waals surface area contributed by atoms with Gasteiger partial charge in [-0.15, -0.1) is 0 Å². The molecule has 19 heavy (non-hydrogen) atoms. The van der Waals surface area contributed by atoms with Gasteiger partial charge in [0.25, 0.3) is 10.0 Å². The van der Waals surface area contributed by atoms with Gasteiger partial charge in [0.1, 0.15) is 10.6 Å². The maximum Gasteiger partial charge on any atom is 0.265 e. The molecule has 0 aliphatic heterocycles. The van der Waals surface area contributed by atoms with Gasteiger partial charge in [0.15, 0.2) is 0 Å². The van der Waals surface area contributed by atoms with E-state index in [0.717, 1.165) is 10.0 Å². The first kappa shape index (κ1) is 13.9. The molecule has 0 atom stereocenters. The number of hydrogen-bond acceptors (Lipinski definition) is 3. The van der Waals surface area contributed by atoms with E-state index in [9.17, 15) is 13.5 Å². The number of aryl methyl sites for hydroxylation is 1.